The maximum atomic E-state index is 13.0. The Bertz CT molecular complexity index is 667. The van der Waals surface area contributed by atoms with Crippen LogP contribution in [0.15, 0.2) is 30.6 Å². The van der Waals surface area contributed by atoms with Gasteiger partial charge < -0.3 is 14.8 Å². The van der Waals surface area contributed by atoms with Crippen LogP contribution in [0.5, 0.6) is 11.5 Å². The summed E-state index contributed by atoms with van der Waals surface area (Å²) in [5.74, 6) is 0.757. The number of aromatic nitrogens is 2. The highest BCUT2D eigenvalue weighted by molar-refractivity contribution is 5.53. The fraction of sp³-hybridized carbons (Fsp3) is 0.308. The van der Waals surface area contributed by atoms with Crippen LogP contribution in [0.4, 0.5) is 14.7 Å². The summed E-state index contributed by atoms with van der Waals surface area (Å²) < 4.78 is 36.6. The number of hydrogen-bond acceptors (Lipinski definition) is 4. The molecule has 1 aliphatic heterocycles. The van der Waals surface area contributed by atoms with Crippen LogP contribution in [0.2, 0.25) is 0 Å². The van der Waals surface area contributed by atoms with Gasteiger partial charge in [0.25, 0.3) is 0 Å². The van der Waals surface area contributed by atoms with Gasteiger partial charge in [0.1, 0.15) is 0 Å². The molecule has 1 saturated carbocycles. The lowest BCUT2D eigenvalue weighted by atomic mass is 10.3. The Morgan fingerprint density at radius 3 is 2.85 bits per heavy atom. The number of halogens is 2. The molecule has 2 aromatic rings. The number of rotatable bonds is 3. The maximum Gasteiger partial charge on any atom is 0.586 e. The van der Waals surface area contributed by atoms with Crippen LogP contribution in [0.25, 0.3) is 5.69 Å². The zero-order chi connectivity index (χ0) is 13.7. The molecule has 0 unspecified atom stereocenters. The largest absolute Gasteiger partial charge is 0.586 e. The first-order chi connectivity index (χ1) is 9.61. The molecule has 0 saturated heterocycles. The van der Waals surface area contributed by atoms with E-state index in [-0.39, 0.29) is 11.5 Å². The number of alkyl halides is 2. The molecule has 1 aromatic carbocycles. The Morgan fingerprint density at radius 2 is 2.05 bits per heavy atom. The van der Waals surface area contributed by atoms with E-state index in [1.54, 1.807) is 23.0 Å². The van der Waals surface area contributed by atoms with Gasteiger partial charge in [-0.05, 0) is 25.0 Å². The average molecular weight is 279 g/mol. The predicted octanol–water partition coefficient (Wildman–Crippen LogP) is 2.77. The minimum atomic E-state index is -3.59. The summed E-state index contributed by atoms with van der Waals surface area (Å²) in [5.41, 5.74) is 0.686. The Labute approximate surface area is 113 Å². The number of imidazole rings is 1. The van der Waals surface area contributed by atoms with Crippen molar-refractivity contribution in [1.82, 2.24) is 9.55 Å². The highest BCUT2D eigenvalue weighted by Gasteiger charge is 2.43. The lowest BCUT2D eigenvalue weighted by Gasteiger charge is -2.09. The van der Waals surface area contributed by atoms with E-state index in [1.165, 1.54) is 12.1 Å². The van der Waals surface area contributed by atoms with E-state index in [0.717, 1.165) is 12.8 Å². The van der Waals surface area contributed by atoms with Crippen molar-refractivity contribution in [2.24, 2.45) is 0 Å². The molecule has 4 rings (SSSR count). The van der Waals surface area contributed by atoms with Crippen LogP contribution in [0, 0.1) is 0 Å². The van der Waals surface area contributed by atoms with Crippen molar-refractivity contribution >= 4 is 5.95 Å². The zero-order valence-corrected chi connectivity index (χ0v) is 10.3. The van der Waals surface area contributed by atoms with Gasteiger partial charge >= 0.3 is 6.29 Å². The van der Waals surface area contributed by atoms with E-state index in [9.17, 15) is 8.78 Å². The van der Waals surface area contributed by atoms with E-state index < -0.39 is 6.29 Å². The van der Waals surface area contributed by atoms with Gasteiger partial charge in [0.2, 0.25) is 5.95 Å². The molecule has 2 heterocycles. The smallest absolute Gasteiger partial charge is 0.395 e. The molecule has 5 nitrogen and oxygen atoms in total. The summed E-state index contributed by atoms with van der Waals surface area (Å²) in [6.07, 6.45) is 2.08. The second-order valence-corrected chi connectivity index (χ2v) is 4.84. The summed E-state index contributed by atoms with van der Waals surface area (Å²) >= 11 is 0. The molecule has 2 aliphatic rings. The van der Waals surface area contributed by atoms with Gasteiger partial charge in [-0.1, -0.05) is 0 Å². The minimum absolute atomic E-state index is 0.0265. The molecular weight excluding hydrogens is 268 g/mol. The molecule has 104 valence electrons. The maximum absolute atomic E-state index is 13.0. The molecule has 0 amide bonds. The summed E-state index contributed by atoms with van der Waals surface area (Å²) in [4.78, 5) is 4.23. The number of nitrogens with zero attached hydrogens (tertiary/aromatic N) is 2. The molecule has 7 heteroatoms. The molecule has 0 atom stereocenters. The zero-order valence-electron chi connectivity index (χ0n) is 10.3. The molecule has 1 N–H and O–H groups in total. The van der Waals surface area contributed by atoms with E-state index in [4.69, 9.17) is 0 Å². The van der Waals surface area contributed by atoms with Gasteiger partial charge in [0.05, 0.1) is 5.69 Å². The third-order valence-electron chi connectivity index (χ3n) is 3.21. The molecule has 1 fully saturated rings. The quantitative estimate of drug-likeness (QED) is 0.938. The lowest BCUT2D eigenvalue weighted by Crippen LogP contribution is -2.25. The fourth-order valence-electron chi connectivity index (χ4n) is 2.12. The van der Waals surface area contributed by atoms with Crippen LogP contribution in [0.1, 0.15) is 12.8 Å². The molecule has 1 aliphatic carbocycles. The number of fused-ring (bicyclic) bond motifs is 1. The molecule has 0 radical (unpaired) electrons. The number of nitrogens with one attached hydrogen (secondary N) is 1. The van der Waals surface area contributed by atoms with Crippen molar-refractivity contribution in [1.29, 1.82) is 0 Å². The van der Waals surface area contributed by atoms with E-state index in [2.05, 4.69) is 19.8 Å². The van der Waals surface area contributed by atoms with Crippen LogP contribution in [-0.4, -0.2) is 21.9 Å². The van der Waals surface area contributed by atoms with Crippen molar-refractivity contribution in [2.75, 3.05) is 5.32 Å². The highest BCUT2D eigenvalue weighted by atomic mass is 19.3. The van der Waals surface area contributed by atoms with E-state index in [1.807, 2.05) is 0 Å². The summed E-state index contributed by atoms with van der Waals surface area (Å²) in [6.45, 7) is 0. The van der Waals surface area contributed by atoms with Crippen molar-refractivity contribution in [3.05, 3.63) is 30.6 Å². The monoisotopic (exact) mass is 279 g/mol. The Balaban J connectivity index is 1.68. The first-order valence-corrected chi connectivity index (χ1v) is 6.31. The van der Waals surface area contributed by atoms with Gasteiger partial charge in [0.15, 0.2) is 11.5 Å². The number of ether oxygens (including phenoxy) is 2. The van der Waals surface area contributed by atoms with Gasteiger partial charge in [-0.3, -0.25) is 4.57 Å². The summed E-state index contributed by atoms with van der Waals surface area (Å²) in [5, 5.41) is 3.28. The Kier molecular flexibility index (Phi) is 2.21. The van der Waals surface area contributed by atoms with E-state index >= 15 is 0 Å². The third kappa shape index (κ3) is 1.95. The Morgan fingerprint density at radius 1 is 1.25 bits per heavy atom. The van der Waals surface area contributed by atoms with Crippen LogP contribution in [-0.2, 0) is 0 Å². The molecule has 1 aromatic heterocycles. The van der Waals surface area contributed by atoms with Gasteiger partial charge in [-0.25, -0.2) is 4.98 Å². The third-order valence-corrected chi connectivity index (χ3v) is 3.21. The van der Waals surface area contributed by atoms with Crippen LogP contribution < -0.4 is 14.8 Å². The Hall–Kier alpha value is -2.31. The van der Waals surface area contributed by atoms with Crippen LogP contribution in [0.3, 0.4) is 0 Å². The molecule has 20 heavy (non-hydrogen) atoms. The van der Waals surface area contributed by atoms with Crippen LogP contribution >= 0.6 is 0 Å². The molecular formula is C13H11F2N3O2. The number of benzene rings is 1. The number of hydrogen-bond donors (Lipinski definition) is 1. The molecule has 0 spiro atoms. The standard InChI is InChI=1S/C13H11F2N3O2/c14-13(15)19-10-4-3-9(7-11(10)20-13)18-6-5-16-12(18)17-8-1-2-8/h3-8H,1-2H2,(H,16,17). The van der Waals surface area contributed by atoms with Crippen molar-refractivity contribution in [3.8, 4) is 17.2 Å². The van der Waals surface area contributed by atoms with Crippen molar-refractivity contribution in [2.45, 2.75) is 25.2 Å². The second kappa shape index (κ2) is 3.84. The highest BCUT2D eigenvalue weighted by Crippen LogP contribution is 2.42. The topological polar surface area (TPSA) is 48.3 Å². The predicted molar refractivity (Wildman–Crippen MR) is 66.4 cm³/mol. The fourth-order valence-corrected chi connectivity index (χ4v) is 2.12. The average Bonchev–Trinajstić information content (AvgIpc) is 2.97. The second-order valence-electron chi connectivity index (χ2n) is 4.84. The van der Waals surface area contributed by atoms with E-state index in [0.29, 0.717) is 17.7 Å². The van der Waals surface area contributed by atoms with Crippen molar-refractivity contribution < 1.29 is 18.3 Å². The first kappa shape index (κ1) is 11.5. The first-order valence-electron chi connectivity index (χ1n) is 6.31. The van der Waals surface area contributed by atoms with Gasteiger partial charge in [-0.15, -0.1) is 8.78 Å². The number of anilines is 1. The minimum Gasteiger partial charge on any atom is -0.395 e. The SMILES string of the molecule is FC1(F)Oc2ccc(-n3ccnc3NC3CC3)cc2O1. The normalized spacial score (nSPS) is 19.1. The van der Waals surface area contributed by atoms with Crippen molar-refractivity contribution in [3.63, 3.8) is 0 Å². The summed E-state index contributed by atoms with van der Waals surface area (Å²) in [7, 11) is 0. The van der Waals surface area contributed by atoms with Gasteiger partial charge in [-0.2, -0.15) is 0 Å². The van der Waals surface area contributed by atoms with Gasteiger partial charge in [0, 0.05) is 24.5 Å². The molecule has 0 bridgehead atoms. The lowest BCUT2D eigenvalue weighted by molar-refractivity contribution is -0.286. The summed E-state index contributed by atoms with van der Waals surface area (Å²) in [6, 6.07) is 5.11.